The summed E-state index contributed by atoms with van der Waals surface area (Å²) in [6.07, 6.45) is 0. The molecule has 0 atom stereocenters. The first-order chi connectivity index (χ1) is 31.8. The van der Waals surface area contributed by atoms with Crippen molar-refractivity contribution in [2.45, 2.75) is 5.41 Å². The molecule has 0 saturated heterocycles. The molecule has 3 heteroatoms. The van der Waals surface area contributed by atoms with Gasteiger partial charge in [0.25, 0.3) is 0 Å². The Balaban J connectivity index is 1.02. The number of aromatic nitrogens is 2. The van der Waals surface area contributed by atoms with Crippen LogP contribution in [0.5, 0.6) is 0 Å². The minimum atomic E-state index is -0.507. The van der Waals surface area contributed by atoms with Crippen LogP contribution in [0.4, 0.5) is 17.1 Å². The maximum Gasteiger partial charge on any atom is 0.0714 e. The van der Waals surface area contributed by atoms with Crippen LogP contribution in [0.3, 0.4) is 0 Å². The zero-order valence-corrected chi connectivity index (χ0v) is 34.9. The summed E-state index contributed by atoms with van der Waals surface area (Å²) in [6.45, 7) is 0. The predicted molar refractivity (Wildman–Crippen MR) is 267 cm³/mol. The van der Waals surface area contributed by atoms with Gasteiger partial charge in [-0.1, -0.05) is 170 Å². The van der Waals surface area contributed by atoms with Crippen LogP contribution >= 0.6 is 0 Å². The monoisotopic (exact) mass is 813 g/mol. The van der Waals surface area contributed by atoms with Crippen LogP contribution in [0.25, 0.3) is 76.7 Å². The SMILES string of the molecule is c1ccc(N(c2cccc(-n3c4cccc5c6cccc7c8ccccc8n(c8cccc3c8c54)c67)c2)c2ccc3c(c2)C(c2ccccc2)(c2ccccc2)c2ccccc2-3)cc1. The van der Waals surface area contributed by atoms with E-state index in [2.05, 4.69) is 250 Å². The van der Waals surface area contributed by atoms with Crippen molar-refractivity contribution in [3.63, 3.8) is 0 Å². The van der Waals surface area contributed by atoms with Crippen molar-refractivity contribution in [3.05, 3.63) is 259 Å². The molecule has 13 aromatic rings. The zero-order valence-electron chi connectivity index (χ0n) is 34.9. The molecule has 0 spiro atoms. The molecule has 0 unspecified atom stereocenters. The lowest BCUT2D eigenvalue weighted by Crippen LogP contribution is -2.28. The molecule has 298 valence electrons. The van der Waals surface area contributed by atoms with E-state index in [9.17, 15) is 0 Å². The van der Waals surface area contributed by atoms with Crippen molar-refractivity contribution >= 4 is 77.0 Å². The first kappa shape index (κ1) is 35.2. The molecule has 0 radical (unpaired) electrons. The van der Waals surface area contributed by atoms with E-state index in [1.807, 2.05) is 0 Å². The highest BCUT2D eigenvalue weighted by molar-refractivity contribution is 6.31. The maximum atomic E-state index is 2.51. The van der Waals surface area contributed by atoms with Crippen LogP contribution in [0, 0.1) is 0 Å². The van der Waals surface area contributed by atoms with E-state index < -0.39 is 5.41 Å². The number of nitrogens with zero attached hydrogens (tertiary/aromatic N) is 3. The third-order valence-electron chi connectivity index (χ3n) is 14.1. The largest absolute Gasteiger partial charge is 0.310 e. The summed E-state index contributed by atoms with van der Waals surface area (Å²) in [5.74, 6) is 0. The van der Waals surface area contributed by atoms with Gasteiger partial charge in [-0.05, 0) is 105 Å². The van der Waals surface area contributed by atoms with Gasteiger partial charge in [-0.25, -0.2) is 0 Å². The molecule has 14 rings (SSSR count). The molecular weight excluding hydrogens is 775 g/mol. The minimum Gasteiger partial charge on any atom is -0.310 e. The standard InChI is InChI=1S/C61H39N3/c1-4-18-40(19-5-1)61(41-20-6-2-7-21-41)52-31-12-10-26-46(52)47-37-36-45(39-53(47)61)62(42-22-8-3-9-23-42)43-24-14-25-44(38-43)63-55-33-16-28-49-51-30-15-29-50-48-27-11-13-32-54(48)64(60(50)51)57-35-17-34-56(63)59(57)58(49)55/h1-39H. The topological polar surface area (TPSA) is 12.6 Å². The van der Waals surface area contributed by atoms with E-state index in [-0.39, 0.29) is 0 Å². The van der Waals surface area contributed by atoms with Gasteiger partial charge in [0.1, 0.15) is 0 Å². The van der Waals surface area contributed by atoms with E-state index in [0.29, 0.717) is 0 Å². The van der Waals surface area contributed by atoms with Crippen molar-refractivity contribution in [3.8, 4) is 16.8 Å². The molecule has 0 fully saturated rings. The minimum absolute atomic E-state index is 0.507. The molecule has 0 aliphatic heterocycles. The van der Waals surface area contributed by atoms with Crippen molar-refractivity contribution in [1.29, 1.82) is 0 Å². The Labute approximate surface area is 370 Å². The van der Waals surface area contributed by atoms with Crippen molar-refractivity contribution in [2.24, 2.45) is 0 Å². The molecule has 3 heterocycles. The normalized spacial score (nSPS) is 13.1. The molecule has 0 bridgehead atoms. The van der Waals surface area contributed by atoms with Crippen molar-refractivity contribution in [2.75, 3.05) is 4.90 Å². The molecule has 0 amide bonds. The van der Waals surface area contributed by atoms with Gasteiger partial charge in [-0.3, -0.25) is 0 Å². The summed E-state index contributed by atoms with van der Waals surface area (Å²) in [7, 11) is 0. The van der Waals surface area contributed by atoms with E-state index in [4.69, 9.17) is 0 Å². The van der Waals surface area contributed by atoms with Crippen LogP contribution in [0.15, 0.2) is 237 Å². The summed E-state index contributed by atoms with van der Waals surface area (Å²) >= 11 is 0. The average Bonchev–Trinajstić information content (AvgIpc) is 3.96. The molecular formula is C61H39N3. The Kier molecular flexibility index (Phi) is 7.32. The molecule has 3 aromatic heterocycles. The highest BCUT2D eigenvalue weighted by atomic mass is 15.1. The van der Waals surface area contributed by atoms with Gasteiger partial charge in [0.15, 0.2) is 0 Å². The number of anilines is 3. The second-order valence-corrected chi connectivity index (χ2v) is 17.2. The second kappa shape index (κ2) is 13.3. The number of rotatable bonds is 6. The molecule has 10 aromatic carbocycles. The summed E-state index contributed by atoms with van der Waals surface area (Å²) in [5.41, 5.74) is 17.6. The fraction of sp³-hybridized carbons (Fsp3) is 0.0164. The highest BCUT2D eigenvalue weighted by Gasteiger charge is 2.46. The number of fused-ring (bicyclic) bond motifs is 8. The van der Waals surface area contributed by atoms with Crippen LogP contribution in [-0.2, 0) is 5.41 Å². The molecule has 1 aliphatic rings. The van der Waals surface area contributed by atoms with E-state index >= 15 is 0 Å². The summed E-state index contributed by atoms with van der Waals surface area (Å²) in [6, 6.07) is 87.5. The third kappa shape index (κ3) is 4.65. The Hall–Kier alpha value is -8.40. The number of hydrogen-bond acceptors (Lipinski definition) is 1. The zero-order chi connectivity index (χ0) is 41.9. The fourth-order valence-corrected chi connectivity index (χ4v) is 11.6. The van der Waals surface area contributed by atoms with E-state index in [1.165, 1.54) is 93.3 Å². The van der Waals surface area contributed by atoms with Crippen LogP contribution < -0.4 is 4.90 Å². The lowest BCUT2D eigenvalue weighted by molar-refractivity contribution is 0.768. The molecule has 0 N–H and O–H groups in total. The highest BCUT2D eigenvalue weighted by Crippen LogP contribution is 2.57. The average molecular weight is 814 g/mol. The quantitative estimate of drug-likeness (QED) is 0.163. The Bertz CT molecular complexity index is 3910. The van der Waals surface area contributed by atoms with Gasteiger partial charge in [-0.15, -0.1) is 0 Å². The van der Waals surface area contributed by atoms with Gasteiger partial charge >= 0.3 is 0 Å². The Morgan fingerprint density at radius 3 is 1.66 bits per heavy atom. The first-order valence-electron chi connectivity index (χ1n) is 22.2. The van der Waals surface area contributed by atoms with Gasteiger partial charge in [0.05, 0.1) is 33.0 Å². The lowest BCUT2D eigenvalue weighted by atomic mass is 9.67. The van der Waals surface area contributed by atoms with E-state index in [1.54, 1.807) is 0 Å². The van der Waals surface area contributed by atoms with Crippen molar-refractivity contribution in [1.82, 2.24) is 8.97 Å². The van der Waals surface area contributed by atoms with Crippen LogP contribution in [-0.4, -0.2) is 8.97 Å². The second-order valence-electron chi connectivity index (χ2n) is 17.2. The van der Waals surface area contributed by atoms with Gasteiger partial charge in [0, 0.05) is 49.7 Å². The molecule has 3 nitrogen and oxygen atoms in total. The molecule has 1 aliphatic carbocycles. The molecule has 64 heavy (non-hydrogen) atoms. The predicted octanol–water partition coefficient (Wildman–Crippen LogP) is 15.8. The number of para-hydroxylation sites is 3. The molecule has 0 saturated carbocycles. The van der Waals surface area contributed by atoms with Gasteiger partial charge in [-0.2, -0.15) is 0 Å². The number of benzene rings is 10. The van der Waals surface area contributed by atoms with Gasteiger partial charge < -0.3 is 13.9 Å². The van der Waals surface area contributed by atoms with Gasteiger partial charge in [0.2, 0.25) is 0 Å². The fourth-order valence-electron chi connectivity index (χ4n) is 11.6. The smallest absolute Gasteiger partial charge is 0.0714 e. The van der Waals surface area contributed by atoms with Crippen molar-refractivity contribution < 1.29 is 0 Å². The van der Waals surface area contributed by atoms with E-state index in [0.717, 1.165) is 22.7 Å². The third-order valence-corrected chi connectivity index (χ3v) is 14.1. The maximum absolute atomic E-state index is 2.51. The van der Waals surface area contributed by atoms with Crippen LogP contribution in [0.2, 0.25) is 0 Å². The summed E-state index contributed by atoms with van der Waals surface area (Å²) in [4.78, 5) is 2.43. The Morgan fingerprint density at radius 2 is 0.859 bits per heavy atom. The number of hydrogen-bond donors (Lipinski definition) is 0. The first-order valence-corrected chi connectivity index (χ1v) is 22.2. The van der Waals surface area contributed by atoms with Crippen LogP contribution in [0.1, 0.15) is 22.3 Å². The summed E-state index contributed by atoms with van der Waals surface area (Å²) in [5, 5.41) is 7.65. The summed E-state index contributed by atoms with van der Waals surface area (Å²) < 4.78 is 4.99. The Morgan fingerprint density at radius 1 is 0.328 bits per heavy atom. The lowest BCUT2D eigenvalue weighted by Gasteiger charge is -2.35.